The van der Waals surface area contributed by atoms with Crippen molar-refractivity contribution in [1.82, 2.24) is 0 Å². The van der Waals surface area contributed by atoms with Crippen LogP contribution in [0.3, 0.4) is 0 Å². The number of benzene rings is 4. The molecule has 0 radical (unpaired) electrons. The monoisotopic (exact) mass is 662 g/mol. The molecule has 0 amide bonds. The number of hydrogen-bond acceptors (Lipinski definition) is 10. The molecule has 17 heteroatoms. The SMILES string of the molecule is O=[N+]([O-])c1cccc(C([N-]c2ccccc2[S-])C([N-]c2ccccc2[S-])c2cccc([N+](=O)[O-])c2[N+](=O)[O-])c1[N+](=O)[O-].[Ni]. The van der Waals surface area contributed by atoms with Gasteiger partial charge in [-0.15, -0.1) is 0 Å². The van der Waals surface area contributed by atoms with Gasteiger partial charge in [0, 0.05) is 39.8 Å². The smallest absolute Gasteiger partial charge is 0.347 e. The molecule has 0 N–H and O–H groups in total. The van der Waals surface area contributed by atoms with E-state index in [0.29, 0.717) is 0 Å². The van der Waals surface area contributed by atoms with Crippen LogP contribution in [0.15, 0.2) is 94.7 Å². The molecule has 4 aromatic carbocycles. The summed E-state index contributed by atoms with van der Waals surface area (Å²) < 4.78 is 0. The van der Waals surface area contributed by atoms with Crippen molar-refractivity contribution in [3.63, 3.8) is 0 Å². The average Bonchev–Trinajstić information content (AvgIpc) is 2.95. The van der Waals surface area contributed by atoms with Gasteiger partial charge >= 0.3 is 22.7 Å². The predicted molar refractivity (Wildman–Crippen MR) is 155 cm³/mol. The minimum Gasteiger partial charge on any atom is -0.781 e. The number of para-hydroxylation sites is 4. The summed E-state index contributed by atoms with van der Waals surface area (Å²) in [6.07, 6.45) is 0. The van der Waals surface area contributed by atoms with Crippen LogP contribution in [0.1, 0.15) is 23.2 Å². The van der Waals surface area contributed by atoms with Crippen molar-refractivity contribution in [1.29, 1.82) is 0 Å². The predicted octanol–water partition coefficient (Wildman–Crippen LogP) is 7.32. The largest absolute Gasteiger partial charge is 0.781 e. The molecule has 0 aliphatic rings. The molecule has 0 saturated carbocycles. The molecule has 0 aromatic heterocycles. The topological polar surface area (TPSA) is 201 Å². The molecule has 0 heterocycles. The molecule has 14 nitrogen and oxygen atoms in total. The Labute approximate surface area is 263 Å². The quantitative estimate of drug-likeness (QED) is 0.0677. The summed E-state index contributed by atoms with van der Waals surface area (Å²) in [6, 6.07) is 15.9. The zero-order chi connectivity index (χ0) is 30.6. The maximum absolute atomic E-state index is 12.3. The molecule has 0 spiro atoms. The van der Waals surface area contributed by atoms with E-state index in [2.05, 4.69) is 10.6 Å². The molecule has 0 bridgehead atoms. The van der Waals surface area contributed by atoms with Crippen molar-refractivity contribution < 1.29 is 36.2 Å². The van der Waals surface area contributed by atoms with Gasteiger partial charge in [-0.05, 0) is 0 Å². The van der Waals surface area contributed by atoms with E-state index in [-0.39, 0.29) is 48.8 Å². The maximum atomic E-state index is 12.3. The fraction of sp³-hybridized carbons (Fsp3) is 0.0769. The van der Waals surface area contributed by atoms with Crippen molar-refractivity contribution in [2.75, 3.05) is 0 Å². The van der Waals surface area contributed by atoms with Crippen molar-refractivity contribution >= 4 is 59.4 Å². The zero-order valence-corrected chi connectivity index (χ0v) is 23.9. The van der Waals surface area contributed by atoms with Crippen molar-refractivity contribution in [3.8, 4) is 0 Å². The Kier molecular flexibility index (Phi) is 10.4. The third-order valence-corrected chi connectivity index (χ3v) is 6.76. The van der Waals surface area contributed by atoms with Crippen LogP contribution in [0.25, 0.3) is 10.6 Å². The van der Waals surface area contributed by atoms with Gasteiger partial charge in [0.2, 0.25) is 0 Å². The van der Waals surface area contributed by atoms with Gasteiger partial charge in [0.15, 0.2) is 0 Å². The van der Waals surface area contributed by atoms with Gasteiger partial charge < -0.3 is 35.9 Å². The Balaban J connectivity index is 0.00000506. The molecule has 2 atom stereocenters. The average molecular weight is 663 g/mol. The van der Waals surface area contributed by atoms with Crippen LogP contribution in [0.4, 0.5) is 34.1 Å². The molecule has 0 aliphatic carbocycles. The minimum atomic E-state index is -1.58. The van der Waals surface area contributed by atoms with Crippen LogP contribution in [0.5, 0.6) is 0 Å². The number of hydrogen-bond donors (Lipinski definition) is 0. The number of rotatable bonds is 11. The Morgan fingerprint density at radius 3 is 1.16 bits per heavy atom. The van der Waals surface area contributed by atoms with E-state index in [1.54, 1.807) is 24.3 Å². The molecule has 2 unspecified atom stereocenters. The Morgan fingerprint density at radius 1 is 0.512 bits per heavy atom. The summed E-state index contributed by atoms with van der Waals surface area (Å²) in [4.78, 5) is 44.7. The van der Waals surface area contributed by atoms with E-state index in [4.69, 9.17) is 25.3 Å². The van der Waals surface area contributed by atoms with Gasteiger partial charge in [-0.1, -0.05) is 84.9 Å². The van der Waals surface area contributed by atoms with E-state index in [1.807, 2.05) is 0 Å². The second kappa shape index (κ2) is 13.8. The van der Waals surface area contributed by atoms with Gasteiger partial charge in [0.1, 0.15) is 0 Å². The molecule has 4 rings (SSSR count). The summed E-state index contributed by atoms with van der Waals surface area (Å²) in [5.74, 6) is 0. The number of nitro benzene ring substituents is 4. The first-order chi connectivity index (χ1) is 20.0. The fourth-order valence-corrected chi connectivity index (χ4v) is 4.71. The molecule has 0 fully saturated rings. The van der Waals surface area contributed by atoms with Crippen molar-refractivity contribution in [2.45, 2.75) is 21.9 Å². The van der Waals surface area contributed by atoms with Crippen LogP contribution in [0, 0.1) is 40.5 Å². The van der Waals surface area contributed by atoms with Gasteiger partial charge in [-0.3, -0.25) is 40.5 Å². The minimum absolute atomic E-state index is 0. The van der Waals surface area contributed by atoms with E-state index >= 15 is 0 Å². The molecule has 0 saturated heterocycles. The third kappa shape index (κ3) is 6.91. The number of nitro groups is 4. The first-order valence-corrected chi connectivity index (χ1v) is 12.6. The zero-order valence-electron chi connectivity index (χ0n) is 21.3. The van der Waals surface area contributed by atoms with Crippen LogP contribution in [-0.4, -0.2) is 19.7 Å². The van der Waals surface area contributed by atoms with Crippen molar-refractivity contribution in [2.24, 2.45) is 0 Å². The van der Waals surface area contributed by atoms with Gasteiger partial charge in [0.05, 0.1) is 19.7 Å². The Hall–Kier alpha value is -4.99. The van der Waals surface area contributed by atoms with Crippen LogP contribution in [-0.2, 0) is 41.7 Å². The van der Waals surface area contributed by atoms with Gasteiger partial charge in [-0.2, -0.15) is 21.2 Å². The fourth-order valence-electron chi connectivity index (χ4n) is 4.31. The van der Waals surface area contributed by atoms with E-state index in [0.717, 1.165) is 12.1 Å². The molecule has 43 heavy (non-hydrogen) atoms. The standard InChI is InChI=1S/C26H18N6O8S2.Ni/c33-29(34)19-11-5-7-15(25(19)31(37)38)23(27-17-9-1-3-13-21(17)41)24(28-18-10-2-4-14-22(18)42)16-8-6-12-20(30(35)36)26(16)32(39)40;/h1-14,23-24,41-42H;/q-2;/p-2. The summed E-state index contributed by atoms with van der Waals surface area (Å²) >= 11 is 10.7. The van der Waals surface area contributed by atoms with Crippen LogP contribution >= 0.6 is 0 Å². The van der Waals surface area contributed by atoms with E-state index in [1.165, 1.54) is 48.5 Å². The van der Waals surface area contributed by atoms with Gasteiger partial charge in [-0.25, -0.2) is 0 Å². The molecule has 4 aromatic rings. The van der Waals surface area contributed by atoms with Gasteiger partial charge in [0.25, 0.3) is 0 Å². The first-order valence-electron chi connectivity index (χ1n) is 11.8. The summed E-state index contributed by atoms with van der Waals surface area (Å²) in [5.41, 5.74) is -4.00. The molecule has 224 valence electrons. The van der Waals surface area contributed by atoms with Crippen LogP contribution in [0.2, 0.25) is 0 Å². The van der Waals surface area contributed by atoms with E-state index in [9.17, 15) is 40.5 Å². The Bertz CT molecular complexity index is 1600. The molecule has 0 aliphatic heterocycles. The second-order valence-electron chi connectivity index (χ2n) is 8.54. The normalized spacial score (nSPS) is 11.8. The van der Waals surface area contributed by atoms with Crippen LogP contribution < -0.4 is 0 Å². The summed E-state index contributed by atoms with van der Waals surface area (Å²) in [6.45, 7) is 0. The first kappa shape index (κ1) is 32.5. The van der Waals surface area contributed by atoms with E-state index < -0.39 is 54.5 Å². The second-order valence-corrected chi connectivity index (χ2v) is 9.42. The van der Waals surface area contributed by atoms with Crippen molar-refractivity contribution in [3.05, 3.63) is 147 Å². The third-order valence-electron chi connectivity index (χ3n) is 6.07. The Morgan fingerprint density at radius 2 is 0.860 bits per heavy atom. The summed E-state index contributed by atoms with van der Waals surface area (Å²) in [7, 11) is 0. The molecular weight excluding hydrogens is 647 g/mol. The molecular formula is C26H16N6NiO8S2-4. The maximum Gasteiger partial charge on any atom is 0.347 e. The number of nitrogens with zero attached hydrogens (tertiary/aromatic N) is 6. The summed E-state index contributed by atoms with van der Waals surface area (Å²) in [5, 5.41) is 57.3.